The van der Waals surface area contributed by atoms with Crippen molar-refractivity contribution in [2.75, 3.05) is 0 Å². The van der Waals surface area contributed by atoms with Crippen LogP contribution >= 0.6 is 11.6 Å². The number of rotatable bonds is 4. The summed E-state index contributed by atoms with van der Waals surface area (Å²) >= 11 is 5.80. The summed E-state index contributed by atoms with van der Waals surface area (Å²) in [7, 11) is 0. The van der Waals surface area contributed by atoms with E-state index >= 15 is 0 Å². The third-order valence-electron chi connectivity index (χ3n) is 2.59. The van der Waals surface area contributed by atoms with Gasteiger partial charge in [-0.2, -0.15) is 0 Å². The molecule has 1 rings (SSSR count). The molecular weight excluding hydrogens is 244 g/mol. The molecule has 1 heterocycles. The van der Waals surface area contributed by atoms with Gasteiger partial charge in [0.15, 0.2) is 0 Å². The van der Waals surface area contributed by atoms with Gasteiger partial charge < -0.3 is 10.4 Å². The molecule has 0 bridgehead atoms. The third kappa shape index (κ3) is 2.94. The fourth-order valence-corrected chi connectivity index (χ4v) is 1.38. The molecule has 0 aromatic carbocycles. The smallest absolute Gasteiger partial charge is 0.329 e. The summed E-state index contributed by atoms with van der Waals surface area (Å²) < 4.78 is 0. The largest absolute Gasteiger partial charge is 0.480 e. The maximum atomic E-state index is 11.9. The van der Waals surface area contributed by atoms with Gasteiger partial charge in [0.05, 0.1) is 10.6 Å². The van der Waals surface area contributed by atoms with Gasteiger partial charge in [-0.25, -0.2) is 4.79 Å². The van der Waals surface area contributed by atoms with Gasteiger partial charge in [-0.3, -0.25) is 9.78 Å². The Kier molecular flexibility index (Phi) is 4.07. The molecule has 1 amide bonds. The van der Waals surface area contributed by atoms with Crippen molar-refractivity contribution >= 4 is 23.5 Å². The second-order valence-corrected chi connectivity index (χ2v) is 4.21. The number of carboxylic acids is 1. The van der Waals surface area contributed by atoms with E-state index in [0.717, 1.165) is 0 Å². The molecule has 0 aliphatic heterocycles. The van der Waals surface area contributed by atoms with E-state index in [2.05, 4.69) is 10.3 Å². The van der Waals surface area contributed by atoms with Gasteiger partial charge in [-0.15, -0.1) is 0 Å². The summed E-state index contributed by atoms with van der Waals surface area (Å²) in [5.41, 5.74) is -1.09. The number of amides is 1. The summed E-state index contributed by atoms with van der Waals surface area (Å²) in [5.74, 6) is -1.61. The van der Waals surface area contributed by atoms with Crippen LogP contribution in [0.4, 0.5) is 0 Å². The third-order valence-corrected chi connectivity index (χ3v) is 2.89. The molecule has 0 spiro atoms. The SMILES string of the molecule is CCC(C)(NC(=O)c1ccncc1Cl)C(=O)O. The number of halogens is 1. The standard InChI is InChI=1S/C11H13ClN2O3/c1-3-11(2,10(16)17)14-9(15)7-4-5-13-6-8(7)12/h4-6H,3H2,1-2H3,(H,14,15)(H,16,17). The minimum absolute atomic E-state index is 0.189. The zero-order valence-electron chi connectivity index (χ0n) is 9.53. The lowest BCUT2D eigenvalue weighted by molar-refractivity contribution is -0.143. The molecule has 5 nitrogen and oxygen atoms in total. The lowest BCUT2D eigenvalue weighted by atomic mass is 9.98. The lowest BCUT2D eigenvalue weighted by Gasteiger charge is -2.24. The van der Waals surface area contributed by atoms with E-state index in [1.165, 1.54) is 25.4 Å². The van der Waals surface area contributed by atoms with E-state index < -0.39 is 17.4 Å². The van der Waals surface area contributed by atoms with Crippen molar-refractivity contribution in [1.82, 2.24) is 10.3 Å². The quantitative estimate of drug-likeness (QED) is 0.860. The van der Waals surface area contributed by atoms with Gasteiger partial charge in [-0.05, 0) is 19.4 Å². The molecule has 1 unspecified atom stereocenters. The average molecular weight is 257 g/mol. The predicted octanol–water partition coefficient (Wildman–Crippen LogP) is 1.72. The van der Waals surface area contributed by atoms with E-state index in [1.807, 2.05) is 0 Å². The Morgan fingerprint density at radius 3 is 2.71 bits per heavy atom. The van der Waals surface area contributed by atoms with Crippen LogP contribution in [0.25, 0.3) is 0 Å². The van der Waals surface area contributed by atoms with Crippen LogP contribution in [0.15, 0.2) is 18.5 Å². The Bertz CT molecular complexity index is 450. The number of nitrogens with zero attached hydrogens (tertiary/aromatic N) is 1. The molecule has 0 saturated heterocycles. The minimum atomic E-state index is -1.30. The lowest BCUT2D eigenvalue weighted by Crippen LogP contribution is -2.51. The van der Waals surface area contributed by atoms with Crippen LogP contribution in [0.3, 0.4) is 0 Å². The van der Waals surface area contributed by atoms with Gasteiger partial charge in [-0.1, -0.05) is 18.5 Å². The summed E-state index contributed by atoms with van der Waals surface area (Å²) in [6.07, 6.45) is 3.03. The van der Waals surface area contributed by atoms with Gasteiger partial charge in [0.25, 0.3) is 5.91 Å². The Hall–Kier alpha value is -1.62. The Balaban J connectivity index is 2.93. The van der Waals surface area contributed by atoms with Crippen LogP contribution in [0.5, 0.6) is 0 Å². The highest BCUT2D eigenvalue weighted by atomic mass is 35.5. The first kappa shape index (κ1) is 13.4. The molecule has 2 N–H and O–H groups in total. The summed E-state index contributed by atoms with van der Waals surface area (Å²) in [5, 5.41) is 11.7. The van der Waals surface area contributed by atoms with E-state index in [0.29, 0.717) is 0 Å². The molecule has 0 aliphatic carbocycles. The van der Waals surface area contributed by atoms with Crippen molar-refractivity contribution < 1.29 is 14.7 Å². The first-order valence-electron chi connectivity index (χ1n) is 5.06. The van der Waals surface area contributed by atoms with Crippen molar-refractivity contribution in [2.45, 2.75) is 25.8 Å². The molecule has 6 heteroatoms. The number of aromatic nitrogens is 1. The van der Waals surface area contributed by atoms with E-state index in [9.17, 15) is 9.59 Å². The number of hydrogen-bond donors (Lipinski definition) is 2. The molecular formula is C11H13ClN2O3. The Labute approximate surface area is 104 Å². The predicted molar refractivity (Wildman–Crippen MR) is 63.0 cm³/mol. The van der Waals surface area contributed by atoms with Crippen molar-refractivity contribution in [3.8, 4) is 0 Å². The molecule has 17 heavy (non-hydrogen) atoms. The fraction of sp³-hybridized carbons (Fsp3) is 0.364. The van der Waals surface area contributed by atoms with Crippen LogP contribution in [0, 0.1) is 0 Å². The highest BCUT2D eigenvalue weighted by Crippen LogP contribution is 2.16. The summed E-state index contributed by atoms with van der Waals surface area (Å²) in [6, 6.07) is 1.44. The number of pyridine rings is 1. The zero-order chi connectivity index (χ0) is 13.1. The molecule has 0 fully saturated rings. The highest BCUT2D eigenvalue weighted by molar-refractivity contribution is 6.33. The van der Waals surface area contributed by atoms with E-state index in [1.54, 1.807) is 6.92 Å². The summed E-state index contributed by atoms with van der Waals surface area (Å²) in [4.78, 5) is 26.7. The van der Waals surface area contributed by atoms with Crippen molar-refractivity contribution in [3.63, 3.8) is 0 Å². The first-order chi connectivity index (χ1) is 7.90. The second-order valence-electron chi connectivity index (χ2n) is 3.80. The first-order valence-corrected chi connectivity index (χ1v) is 5.44. The molecule has 1 aromatic heterocycles. The number of carbonyl (C=O) groups is 2. The van der Waals surface area contributed by atoms with Crippen molar-refractivity contribution in [2.24, 2.45) is 0 Å². The number of hydrogen-bond acceptors (Lipinski definition) is 3. The molecule has 0 radical (unpaired) electrons. The molecule has 1 aromatic rings. The van der Waals surface area contributed by atoms with Crippen LogP contribution in [0.2, 0.25) is 5.02 Å². The molecule has 0 saturated carbocycles. The number of carbonyl (C=O) groups excluding carboxylic acids is 1. The van der Waals surface area contributed by atoms with E-state index in [4.69, 9.17) is 16.7 Å². The second kappa shape index (κ2) is 5.14. The maximum absolute atomic E-state index is 11.9. The van der Waals surface area contributed by atoms with Crippen molar-refractivity contribution in [3.05, 3.63) is 29.0 Å². The molecule has 1 atom stereocenters. The zero-order valence-corrected chi connectivity index (χ0v) is 10.3. The highest BCUT2D eigenvalue weighted by Gasteiger charge is 2.33. The molecule has 0 aliphatic rings. The molecule has 92 valence electrons. The van der Waals surface area contributed by atoms with Gasteiger partial charge in [0.1, 0.15) is 5.54 Å². The Morgan fingerprint density at radius 2 is 2.24 bits per heavy atom. The number of nitrogens with one attached hydrogen (secondary N) is 1. The normalized spacial score (nSPS) is 13.8. The van der Waals surface area contributed by atoms with Gasteiger partial charge >= 0.3 is 5.97 Å². The van der Waals surface area contributed by atoms with Crippen LogP contribution in [-0.4, -0.2) is 27.5 Å². The summed E-state index contributed by atoms with van der Waals surface area (Å²) in [6.45, 7) is 3.13. The topological polar surface area (TPSA) is 79.3 Å². The monoisotopic (exact) mass is 256 g/mol. The minimum Gasteiger partial charge on any atom is -0.480 e. The Morgan fingerprint density at radius 1 is 1.59 bits per heavy atom. The number of aliphatic carboxylic acids is 1. The number of carboxylic acid groups (broad SMARTS) is 1. The maximum Gasteiger partial charge on any atom is 0.329 e. The van der Waals surface area contributed by atoms with Crippen LogP contribution in [0.1, 0.15) is 30.6 Å². The van der Waals surface area contributed by atoms with Crippen molar-refractivity contribution in [1.29, 1.82) is 0 Å². The van der Waals surface area contributed by atoms with E-state index in [-0.39, 0.29) is 17.0 Å². The average Bonchev–Trinajstić information content (AvgIpc) is 2.29. The van der Waals surface area contributed by atoms with Gasteiger partial charge in [0.2, 0.25) is 0 Å². The van der Waals surface area contributed by atoms with Crippen LogP contribution in [-0.2, 0) is 4.79 Å². The fourth-order valence-electron chi connectivity index (χ4n) is 1.17. The van der Waals surface area contributed by atoms with Crippen LogP contribution < -0.4 is 5.32 Å². The van der Waals surface area contributed by atoms with Gasteiger partial charge in [0, 0.05) is 12.4 Å².